The molecule has 0 aliphatic carbocycles. The van der Waals surface area contributed by atoms with Crippen molar-refractivity contribution in [1.82, 2.24) is 4.57 Å². The van der Waals surface area contributed by atoms with E-state index in [4.69, 9.17) is 11.6 Å². The first-order valence-electron chi connectivity index (χ1n) is 5.16. The van der Waals surface area contributed by atoms with Crippen molar-refractivity contribution >= 4 is 55.1 Å². The molecule has 3 nitrogen and oxygen atoms in total. The lowest BCUT2D eigenvalue weighted by atomic mass is 10.3. The molecule has 0 aliphatic heterocycles. The molecule has 0 saturated carbocycles. The van der Waals surface area contributed by atoms with Gasteiger partial charge in [-0.3, -0.25) is 4.79 Å². The molecule has 1 aromatic carbocycles. The maximum absolute atomic E-state index is 13.1. The maximum Gasteiger partial charge on any atom is 0.272 e. The van der Waals surface area contributed by atoms with Gasteiger partial charge in [-0.2, -0.15) is 0 Å². The zero-order valence-electron chi connectivity index (χ0n) is 9.68. The highest BCUT2D eigenvalue weighted by Gasteiger charge is 2.15. The SMILES string of the molecule is Cn1cc(Br)cc1C(=O)Nc1c(Cl)cc(F)cc1Br. The Bertz CT molecular complexity index is 634. The van der Waals surface area contributed by atoms with Crippen molar-refractivity contribution in [3.8, 4) is 0 Å². The molecule has 0 atom stereocenters. The minimum Gasteiger partial charge on any atom is -0.345 e. The van der Waals surface area contributed by atoms with Crippen LogP contribution in [0.2, 0.25) is 5.02 Å². The van der Waals surface area contributed by atoms with Gasteiger partial charge in [0.1, 0.15) is 11.5 Å². The van der Waals surface area contributed by atoms with Crippen molar-refractivity contribution in [2.24, 2.45) is 7.05 Å². The Labute approximate surface area is 131 Å². The summed E-state index contributed by atoms with van der Waals surface area (Å²) < 4.78 is 16.0. The Morgan fingerprint density at radius 1 is 1.37 bits per heavy atom. The van der Waals surface area contributed by atoms with Crippen molar-refractivity contribution < 1.29 is 9.18 Å². The molecule has 2 aromatic rings. The summed E-state index contributed by atoms with van der Waals surface area (Å²) >= 11 is 12.4. The van der Waals surface area contributed by atoms with Gasteiger partial charge in [-0.15, -0.1) is 0 Å². The molecule has 19 heavy (non-hydrogen) atoms. The van der Waals surface area contributed by atoms with Crippen LogP contribution in [0.5, 0.6) is 0 Å². The van der Waals surface area contributed by atoms with Crippen LogP contribution in [0, 0.1) is 5.82 Å². The van der Waals surface area contributed by atoms with Crippen LogP contribution in [0.4, 0.5) is 10.1 Å². The molecule has 1 aromatic heterocycles. The molecule has 0 radical (unpaired) electrons. The Kier molecular flexibility index (Phi) is 4.32. The van der Waals surface area contributed by atoms with Crippen molar-refractivity contribution in [2.45, 2.75) is 0 Å². The summed E-state index contributed by atoms with van der Waals surface area (Å²) in [5.41, 5.74) is 0.796. The van der Waals surface area contributed by atoms with Gasteiger partial charge >= 0.3 is 0 Å². The molecule has 0 fully saturated rings. The summed E-state index contributed by atoms with van der Waals surface area (Å²) in [7, 11) is 1.75. The van der Waals surface area contributed by atoms with Crippen LogP contribution in [0.15, 0.2) is 33.3 Å². The smallest absolute Gasteiger partial charge is 0.272 e. The highest BCUT2D eigenvalue weighted by Crippen LogP contribution is 2.32. The lowest BCUT2D eigenvalue weighted by Crippen LogP contribution is -2.16. The summed E-state index contributed by atoms with van der Waals surface area (Å²) in [6.45, 7) is 0. The van der Waals surface area contributed by atoms with Crippen molar-refractivity contribution in [2.75, 3.05) is 5.32 Å². The second-order valence-corrected chi connectivity index (χ2v) is 6.03. The number of benzene rings is 1. The monoisotopic (exact) mass is 408 g/mol. The lowest BCUT2D eigenvalue weighted by Gasteiger charge is -2.10. The number of carbonyl (C=O) groups is 1. The quantitative estimate of drug-likeness (QED) is 0.772. The lowest BCUT2D eigenvalue weighted by molar-refractivity contribution is 0.101. The first-order valence-corrected chi connectivity index (χ1v) is 7.12. The molecule has 1 N–H and O–H groups in total. The summed E-state index contributed by atoms with van der Waals surface area (Å²) in [6, 6.07) is 4.06. The number of hydrogen-bond acceptors (Lipinski definition) is 1. The van der Waals surface area contributed by atoms with E-state index in [1.165, 1.54) is 6.07 Å². The standard InChI is InChI=1S/C12H8Br2ClFN2O/c1-18-5-6(13)2-10(18)12(19)17-11-8(14)3-7(16)4-9(11)15/h2-5H,1H3,(H,17,19). The van der Waals surface area contributed by atoms with Crippen LogP contribution in [-0.2, 0) is 7.05 Å². The molecule has 0 spiro atoms. The van der Waals surface area contributed by atoms with Crippen molar-refractivity contribution in [3.63, 3.8) is 0 Å². The highest BCUT2D eigenvalue weighted by molar-refractivity contribution is 9.10. The van der Waals surface area contributed by atoms with E-state index >= 15 is 0 Å². The van der Waals surface area contributed by atoms with Gasteiger partial charge < -0.3 is 9.88 Å². The Hall–Kier alpha value is -0.850. The third kappa shape index (κ3) is 3.19. The second kappa shape index (κ2) is 5.64. The van der Waals surface area contributed by atoms with E-state index in [0.717, 1.165) is 10.5 Å². The minimum atomic E-state index is -0.475. The van der Waals surface area contributed by atoms with E-state index < -0.39 is 5.82 Å². The predicted molar refractivity (Wildman–Crippen MR) is 80.2 cm³/mol. The van der Waals surface area contributed by atoms with E-state index in [1.807, 2.05) is 0 Å². The van der Waals surface area contributed by atoms with E-state index in [0.29, 0.717) is 15.9 Å². The fourth-order valence-corrected chi connectivity index (χ4v) is 3.01. The number of amides is 1. The van der Waals surface area contributed by atoms with Crippen LogP contribution < -0.4 is 5.32 Å². The van der Waals surface area contributed by atoms with Gasteiger partial charge in [0.25, 0.3) is 5.91 Å². The minimum absolute atomic E-state index is 0.133. The molecular formula is C12H8Br2ClFN2O. The van der Waals surface area contributed by atoms with E-state index in [1.54, 1.807) is 23.9 Å². The fourth-order valence-electron chi connectivity index (χ4n) is 1.59. The van der Waals surface area contributed by atoms with Crippen LogP contribution >= 0.6 is 43.5 Å². The molecule has 0 aliphatic rings. The molecule has 0 saturated heterocycles. The van der Waals surface area contributed by atoms with Crippen molar-refractivity contribution in [1.29, 1.82) is 0 Å². The van der Waals surface area contributed by atoms with Crippen LogP contribution in [0.25, 0.3) is 0 Å². The van der Waals surface area contributed by atoms with Gasteiger partial charge in [0.15, 0.2) is 0 Å². The molecule has 100 valence electrons. The van der Waals surface area contributed by atoms with Gasteiger partial charge in [-0.25, -0.2) is 4.39 Å². The van der Waals surface area contributed by atoms with Gasteiger partial charge in [0.2, 0.25) is 0 Å². The first-order chi connectivity index (χ1) is 8.88. The number of nitrogens with one attached hydrogen (secondary N) is 1. The number of halogens is 4. The molecule has 0 bridgehead atoms. The Balaban J connectivity index is 2.32. The third-order valence-corrected chi connectivity index (χ3v) is 3.81. The van der Waals surface area contributed by atoms with Crippen molar-refractivity contribution in [3.05, 3.63) is 49.9 Å². The average Bonchev–Trinajstić information content (AvgIpc) is 2.62. The normalized spacial score (nSPS) is 10.6. The Morgan fingerprint density at radius 2 is 2.05 bits per heavy atom. The van der Waals surface area contributed by atoms with Crippen LogP contribution in [0.3, 0.4) is 0 Å². The predicted octanol–water partition coefficient (Wildman–Crippen LogP) is 4.59. The average molecular weight is 410 g/mol. The van der Waals surface area contributed by atoms with Crippen LogP contribution in [0.1, 0.15) is 10.5 Å². The number of aromatic nitrogens is 1. The number of carbonyl (C=O) groups excluding carboxylic acids is 1. The summed E-state index contributed by atoms with van der Waals surface area (Å²) in [6.07, 6.45) is 1.76. The second-order valence-electron chi connectivity index (χ2n) is 3.85. The van der Waals surface area contributed by atoms with Gasteiger partial charge in [0, 0.05) is 22.2 Å². The first kappa shape index (κ1) is 14.6. The number of nitrogens with zero attached hydrogens (tertiary/aromatic N) is 1. The molecule has 2 rings (SSSR count). The largest absolute Gasteiger partial charge is 0.345 e. The molecular weight excluding hydrogens is 402 g/mol. The summed E-state index contributed by atoms with van der Waals surface area (Å²) in [5, 5.41) is 2.78. The third-order valence-electron chi connectivity index (χ3n) is 2.45. The molecule has 1 amide bonds. The zero-order valence-corrected chi connectivity index (χ0v) is 13.6. The van der Waals surface area contributed by atoms with E-state index in [-0.39, 0.29) is 10.9 Å². The highest BCUT2D eigenvalue weighted by atomic mass is 79.9. The van der Waals surface area contributed by atoms with Gasteiger partial charge in [-0.1, -0.05) is 11.6 Å². The molecule has 0 unspecified atom stereocenters. The summed E-state index contributed by atoms with van der Waals surface area (Å²) in [4.78, 5) is 12.1. The summed E-state index contributed by atoms with van der Waals surface area (Å²) in [5.74, 6) is -0.807. The zero-order chi connectivity index (χ0) is 14.2. The molecule has 1 heterocycles. The Morgan fingerprint density at radius 3 is 2.58 bits per heavy atom. The number of hydrogen-bond donors (Lipinski definition) is 1. The molecule has 7 heteroatoms. The fraction of sp³-hybridized carbons (Fsp3) is 0.0833. The van der Waals surface area contributed by atoms with E-state index in [2.05, 4.69) is 37.2 Å². The van der Waals surface area contributed by atoms with Gasteiger partial charge in [-0.05, 0) is 50.1 Å². The number of aryl methyl sites for hydroxylation is 1. The van der Waals surface area contributed by atoms with Crippen LogP contribution in [-0.4, -0.2) is 10.5 Å². The van der Waals surface area contributed by atoms with E-state index in [9.17, 15) is 9.18 Å². The van der Waals surface area contributed by atoms with Gasteiger partial charge in [0.05, 0.1) is 10.7 Å². The number of rotatable bonds is 2. The number of anilines is 1. The topological polar surface area (TPSA) is 34.0 Å². The maximum atomic E-state index is 13.1.